The number of hydrogen-bond acceptors (Lipinski definition) is 5. The van der Waals surface area contributed by atoms with Crippen LogP contribution in [0.15, 0.2) is 35.7 Å². The number of likely N-dealkylation sites (tertiary alicyclic amines) is 1. The molecule has 1 saturated heterocycles. The van der Waals surface area contributed by atoms with Gasteiger partial charge in [-0.05, 0) is 37.1 Å². The van der Waals surface area contributed by atoms with Gasteiger partial charge in [-0.25, -0.2) is 4.98 Å². The molecule has 1 atom stereocenters. The van der Waals surface area contributed by atoms with Gasteiger partial charge in [-0.2, -0.15) is 0 Å². The molecule has 7 heteroatoms. The molecule has 2 heterocycles. The topological polar surface area (TPSA) is 79.7 Å². The van der Waals surface area contributed by atoms with Crippen LogP contribution in [0.1, 0.15) is 22.7 Å². The van der Waals surface area contributed by atoms with E-state index in [4.69, 9.17) is 9.84 Å². The van der Waals surface area contributed by atoms with Gasteiger partial charge in [0.2, 0.25) is 5.91 Å². The smallest absolute Gasteiger partial charge is 0.308 e. The summed E-state index contributed by atoms with van der Waals surface area (Å²) in [7, 11) is 0. The van der Waals surface area contributed by atoms with Gasteiger partial charge in [0.05, 0.1) is 16.6 Å². The number of carboxylic acids is 1. The lowest BCUT2D eigenvalue weighted by molar-refractivity contribution is -0.141. The van der Waals surface area contributed by atoms with E-state index in [0.717, 1.165) is 16.3 Å². The van der Waals surface area contributed by atoms with E-state index in [0.29, 0.717) is 25.3 Å². The van der Waals surface area contributed by atoms with Gasteiger partial charge in [0.25, 0.3) is 0 Å². The van der Waals surface area contributed by atoms with Crippen LogP contribution in [0.2, 0.25) is 0 Å². The molecule has 136 valence electrons. The van der Waals surface area contributed by atoms with Gasteiger partial charge in [-0.3, -0.25) is 9.59 Å². The van der Waals surface area contributed by atoms with Gasteiger partial charge in [0.1, 0.15) is 12.4 Å². The van der Waals surface area contributed by atoms with Gasteiger partial charge in [0, 0.05) is 24.5 Å². The first-order valence-corrected chi connectivity index (χ1v) is 9.23. The minimum Gasteiger partial charge on any atom is -0.487 e. The maximum Gasteiger partial charge on any atom is 0.308 e. The molecule has 2 aromatic rings. The Labute approximate surface area is 155 Å². The van der Waals surface area contributed by atoms with Crippen LogP contribution >= 0.6 is 11.3 Å². The first-order chi connectivity index (χ1) is 12.5. The number of carboxylic acid groups (broad SMARTS) is 1. The summed E-state index contributed by atoms with van der Waals surface area (Å²) in [5, 5.41) is 12.0. The molecule has 6 nitrogen and oxygen atoms in total. The van der Waals surface area contributed by atoms with Crippen LogP contribution in [-0.4, -0.2) is 40.0 Å². The zero-order chi connectivity index (χ0) is 18.5. The predicted molar refractivity (Wildman–Crippen MR) is 99.0 cm³/mol. The Kier molecular flexibility index (Phi) is 5.68. The van der Waals surface area contributed by atoms with E-state index in [2.05, 4.69) is 4.98 Å². The fourth-order valence-corrected chi connectivity index (χ4v) is 3.37. The molecule has 0 bridgehead atoms. The van der Waals surface area contributed by atoms with Crippen LogP contribution < -0.4 is 4.74 Å². The van der Waals surface area contributed by atoms with Crippen LogP contribution in [0, 0.1) is 12.8 Å². The molecule has 1 aliphatic rings. The molecule has 1 amide bonds. The summed E-state index contributed by atoms with van der Waals surface area (Å²) >= 11 is 1.59. The molecular weight excluding hydrogens is 352 g/mol. The van der Waals surface area contributed by atoms with E-state index >= 15 is 0 Å². The van der Waals surface area contributed by atoms with Crippen LogP contribution in [0.5, 0.6) is 5.75 Å². The fourth-order valence-electron chi connectivity index (χ4n) is 2.77. The van der Waals surface area contributed by atoms with Crippen molar-refractivity contribution in [2.24, 2.45) is 5.92 Å². The number of thiazole rings is 1. The number of aliphatic carboxylic acids is 1. The Morgan fingerprint density at radius 1 is 1.46 bits per heavy atom. The van der Waals surface area contributed by atoms with Gasteiger partial charge in [-0.1, -0.05) is 12.1 Å². The second kappa shape index (κ2) is 8.14. The number of rotatable bonds is 6. The van der Waals surface area contributed by atoms with Crippen LogP contribution in [-0.2, 0) is 16.2 Å². The molecule has 0 saturated carbocycles. The Morgan fingerprint density at radius 3 is 3.00 bits per heavy atom. The number of aromatic nitrogens is 1. The summed E-state index contributed by atoms with van der Waals surface area (Å²) in [5.74, 6) is -0.766. The maximum absolute atomic E-state index is 12.2. The third-order valence-corrected chi connectivity index (χ3v) is 5.00. The monoisotopic (exact) mass is 372 g/mol. The minimum atomic E-state index is -0.843. The third-order valence-electron chi connectivity index (χ3n) is 4.18. The van der Waals surface area contributed by atoms with Crippen molar-refractivity contribution in [3.63, 3.8) is 0 Å². The second-order valence-electron chi connectivity index (χ2n) is 6.16. The normalized spacial score (nSPS) is 17.0. The Morgan fingerprint density at radius 2 is 2.31 bits per heavy atom. The number of amides is 1. The fraction of sp³-hybridized carbons (Fsp3) is 0.316. The molecule has 1 aromatic heterocycles. The van der Waals surface area contributed by atoms with Gasteiger partial charge in [0.15, 0.2) is 0 Å². The zero-order valence-corrected chi connectivity index (χ0v) is 15.2. The number of ether oxygens (including phenoxy) is 1. The summed E-state index contributed by atoms with van der Waals surface area (Å²) in [6.07, 6.45) is 3.71. The van der Waals surface area contributed by atoms with E-state index in [1.165, 1.54) is 6.08 Å². The van der Waals surface area contributed by atoms with E-state index < -0.39 is 11.9 Å². The van der Waals surface area contributed by atoms with E-state index in [9.17, 15) is 9.59 Å². The van der Waals surface area contributed by atoms with Crippen LogP contribution in [0.4, 0.5) is 0 Å². The summed E-state index contributed by atoms with van der Waals surface area (Å²) in [6.45, 7) is 3.11. The number of nitrogens with zero attached hydrogens (tertiary/aromatic N) is 2. The highest BCUT2D eigenvalue weighted by atomic mass is 32.1. The van der Waals surface area contributed by atoms with Gasteiger partial charge >= 0.3 is 5.97 Å². The van der Waals surface area contributed by atoms with Crippen molar-refractivity contribution in [1.29, 1.82) is 0 Å². The number of hydrogen-bond donors (Lipinski definition) is 1. The quantitative estimate of drug-likeness (QED) is 0.789. The van der Waals surface area contributed by atoms with E-state index in [-0.39, 0.29) is 12.5 Å². The summed E-state index contributed by atoms with van der Waals surface area (Å²) < 4.78 is 5.74. The van der Waals surface area contributed by atoms with Crippen molar-refractivity contribution in [2.75, 3.05) is 13.1 Å². The van der Waals surface area contributed by atoms with Crippen LogP contribution in [0.3, 0.4) is 0 Å². The molecule has 26 heavy (non-hydrogen) atoms. The molecule has 0 aliphatic carbocycles. The number of carbonyl (C=O) groups is 2. The number of carbonyl (C=O) groups excluding carboxylic acids is 1. The van der Waals surface area contributed by atoms with Gasteiger partial charge < -0.3 is 14.7 Å². The third kappa shape index (κ3) is 4.70. The highest BCUT2D eigenvalue weighted by Crippen LogP contribution is 2.19. The Bertz CT molecular complexity index is 830. The molecule has 1 fully saturated rings. The SMILES string of the molecule is Cc1nc(COc2cccc(C=CC(=O)N3CCC(C(=O)O)C3)c2)cs1. The first kappa shape index (κ1) is 18.1. The highest BCUT2D eigenvalue weighted by Gasteiger charge is 2.29. The highest BCUT2D eigenvalue weighted by molar-refractivity contribution is 7.09. The lowest BCUT2D eigenvalue weighted by atomic mass is 10.1. The van der Waals surface area contributed by atoms with E-state index in [1.54, 1.807) is 22.3 Å². The molecule has 0 radical (unpaired) electrons. The van der Waals surface area contributed by atoms with Crippen molar-refractivity contribution < 1.29 is 19.4 Å². The number of aryl methyl sites for hydroxylation is 1. The van der Waals surface area contributed by atoms with Gasteiger partial charge in [-0.15, -0.1) is 11.3 Å². The molecule has 1 unspecified atom stereocenters. The summed E-state index contributed by atoms with van der Waals surface area (Å²) in [5.41, 5.74) is 1.74. The van der Waals surface area contributed by atoms with Crippen LogP contribution in [0.25, 0.3) is 6.08 Å². The maximum atomic E-state index is 12.2. The van der Waals surface area contributed by atoms with Crippen molar-refractivity contribution in [3.05, 3.63) is 52.0 Å². The number of benzene rings is 1. The lowest BCUT2D eigenvalue weighted by Gasteiger charge is -2.12. The van der Waals surface area contributed by atoms with Crippen molar-refractivity contribution >= 4 is 29.3 Å². The molecular formula is C19H20N2O4S. The Hall–Kier alpha value is -2.67. The van der Waals surface area contributed by atoms with Crippen molar-refractivity contribution in [3.8, 4) is 5.75 Å². The lowest BCUT2D eigenvalue weighted by Crippen LogP contribution is -2.28. The Balaban J connectivity index is 1.57. The molecule has 1 aliphatic heterocycles. The molecule has 1 N–H and O–H groups in total. The largest absolute Gasteiger partial charge is 0.487 e. The summed E-state index contributed by atoms with van der Waals surface area (Å²) in [6, 6.07) is 7.46. The molecule has 1 aromatic carbocycles. The predicted octanol–water partition coefficient (Wildman–Crippen LogP) is 2.98. The van der Waals surface area contributed by atoms with Crippen molar-refractivity contribution in [2.45, 2.75) is 20.0 Å². The van der Waals surface area contributed by atoms with E-state index in [1.807, 2.05) is 36.6 Å². The second-order valence-corrected chi connectivity index (χ2v) is 7.22. The molecule has 0 spiro atoms. The average Bonchev–Trinajstić information content (AvgIpc) is 3.27. The zero-order valence-electron chi connectivity index (χ0n) is 14.4. The van der Waals surface area contributed by atoms with Crippen molar-refractivity contribution in [1.82, 2.24) is 9.88 Å². The minimum absolute atomic E-state index is 0.169. The molecule has 3 rings (SSSR count). The average molecular weight is 372 g/mol. The standard InChI is InChI=1S/C19H20N2O4S/c1-13-20-16(12-26-13)11-25-17-4-2-3-14(9-17)5-6-18(22)21-8-7-15(10-21)19(23)24/h2-6,9,12,15H,7-8,10-11H2,1H3,(H,23,24). The first-order valence-electron chi connectivity index (χ1n) is 8.35. The summed E-state index contributed by atoms with van der Waals surface area (Å²) in [4.78, 5) is 29.1.